The van der Waals surface area contributed by atoms with Crippen LogP contribution in [0.4, 0.5) is 10.1 Å². The molecule has 0 saturated carbocycles. The van der Waals surface area contributed by atoms with Crippen LogP contribution in [0.5, 0.6) is 0 Å². The number of aromatic carboxylic acids is 1. The van der Waals surface area contributed by atoms with E-state index in [1.54, 1.807) is 0 Å². The zero-order chi connectivity index (χ0) is 12.3. The molecule has 0 aliphatic heterocycles. The van der Waals surface area contributed by atoms with E-state index in [2.05, 4.69) is 5.32 Å². The predicted octanol–water partition coefficient (Wildman–Crippen LogP) is 0.810. The molecule has 1 unspecified atom stereocenters. The number of nitrogens with one attached hydrogen (secondary N) is 1. The van der Waals surface area contributed by atoms with Gasteiger partial charge in [0.15, 0.2) is 0 Å². The van der Waals surface area contributed by atoms with Crippen LogP contribution >= 0.6 is 0 Å². The van der Waals surface area contributed by atoms with E-state index in [0.29, 0.717) is 0 Å². The van der Waals surface area contributed by atoms with E-state index < -0.39 is 29.3 Å². The van der Waals surface area contributed by atoms with E-state index in [-0.39, 0.29) is 5.69 Å². The van der Waals surface area contributed by atoms with Crippen molar-refractivity contribution in [2.75, 3.05) is 5.32 Å². The summed E-state index contributed by atoms with van der Waals surface area (Å²) in [5.74, 6) is -2.72. The van der Waals surface area contributed by atoms with E-state index >= 15 is 0 Å². The molecule has 6 heteroatoms. The molecule has 0 fully saturated rings. The summed E-state index contributed by atoms with van der Waals surface area (Å²) in [7, 11) is 0. The van der Waals surface area contributed by atoms with Crippen LogP contribution in [-0.4, -0.2) is 23.0 Å². The molecule has 16 heavy (non-hydrogen) atoms. The number of nitrogens with two attached hydrogens (primary N) is 1. The Morgan fingerprint density at radius 1 is 1.50 bits per heavy atom. The molecule has 0 heterocycles. The Morgan fingerprint density at radius 3 is 2.62 bits per heavy atom. The highest BCUT2D eigenvalue weighted by molar-refractivity contribution is 5.96. The van der Waals surface area contributed by atoms with Crippen molar-refractivity contribution in [2.24, 2.45) is 5.73 Å². The fourth-order valence-electron chi connectivity index (χ4n) is 1.02. The Morgan fingerprint density at radius 2 is 2.12 bits per heavy atom. The van der Waals surface area contributed by atoms with Crippen molar-refractivity contribution in [3.8, 4) is 0 Å². The van der Waals surface area contributed by atoms with Gasteiger partial charge in [0.2, 0.25) is 5.91 Å². The minimum Gasteiger partial charge on any atom is -0.478 e. The average Bonchev–Trinajstić information content (AvgIpc) is 2.20. The van der Waals surface area contributed by atoms with Gasteiger partial charge >= 0.3 is 5.97 Å². The van der Waals surface area contributed by atoms with Crippen LogP contribution in [0, 0.1) is 5.82 Å². The first-order valence-corrected chi connectivity index (χ1v) is 4.51. The molecule has 1 rings (SSSR count). The van der Waals surface area contributed by atoms with E-state index in [9.17, 15) is 14.0 Å². The highest BCUT2D eigenvalue weighted by Crippen LogP contribution is 2.14. The number of amides is 1. The molecular formula is C10H11FN2O3. The Hall–Kier alpha value is -1.95. The summed E-state index contributed by atoms with van der Waals surface area (Å²) in [6, 6.07) is 2.55. The summed E-state index contributed by atoms with van der Waals surface area (Å²) < 4.78 is 13.0. The van der Waals surface area contributed by atoms with Crippen LogP contribution in [0.15, 0.2) is 18.2 Å². The van der Waals surface area contributed by atoms with Crippen LogP contribution in [0.1, 0.15) is 17.3 Å². The molecule has 0 aliphatic carbocycles. The monoisotopic (exact) mass is 226 g/mol. The number of benzene rings is 1. The number of hydrogen-bond donors (Lipinski definition) is 3. The fourth-order valence-corrected chi connectivity index (χ4v) is 1.02. The van der Waals surface area contributed by atoms with Crippen molar-refractivity contribution >= 4 is 17.6 Å². The minimum atomic E-state index is -1.39. The Bertz CT molecular complexity index is 432. The highest BCUT2D eigenvalue weighted by atomic mass is 19.1. The van der Waals surface area contributed by atoms with Gasteiger partial charge in [-0.1, -0.05) is 0 Å². The molecule has 0 aromatic heterocycles. The maximum absolute atomic E-state index is 13.0. The van der Waals surface area contributed by atoms with Crippen LogP contribution < -0.4 is 11.1 Å². The summed E-state index contributed by atoms with van der Waals surface area (Å²) in [6.07, 6.45) is 0. The number of carboxylic acid groups (broad SMARTS) is 1. The van der Waals surface area contributed by atoms with Gasteiger partial charge in [-0.15, -0.1) is 0 Å². The van der Waals surface area contributed by atoms with Crippen LogP contribution in [0.3, 0.4) is 0 Å². The summed E-state index contributed by atoms with van der Waals surface area (Å²) in [4.78, 5) is 21.8. The second-order valence-corrected chi connectivity index (χ2v) is 3.28. The summed E-state index contributed by atoms with van der Waals surface area (Å²) in [5, 5.41) is 11.0. The summed E-state index contributed by atoms with van der Waals surface area (Å²) >= 11 is 0. The fraction of sp³-hybridized carbons (Fsp3) is 0.200. The summed E-state index contributed by atoms with van der Waals surface area (Å²) in [6.45, 7) is 1.48. The van der Waals surface area contributed by atoms with E-state index in [0.717, 1.165) is 12.1 Å². The second kappa shape index (κ2) is 4.71. The van der Waals surface area contributed by atoms with Crippen molar-refractivity contribution in [3.05, 3.63) is 29.6 Å². The van der Waals surface area contributed by atoms with Gasteiger partial charge in [-0.3, -0.25) is 4.79 Å². The Kier molecular flexibility index (Phi) is 3.57. The van der Waals surface area contributed by atoms with Crippen molar-refractivity contribution in [1.29, 1.82) is 0 Å². The first-order valence-electron chi connectivity index (χ1n) is 4.51. The van der Waals surface area contributed by atoms with Crippen LogP contribution in [0.25, 0.3) is 0 Å². The van der Waals surface area contributed by atoms with E-state index in [1.165, 1.54) is 13.0 Å². The predicted molar refractivity (Wildman–Crippen MR) is 55.6 cm³/mol. The van der Waals surface area contributed by atoms with Gasteiger partial charge in [-0.25, -0.2) is 9.18 Å². The summed E-state index contributed by atoms with van der Waals surface area (Å²) in [5.41, 5.74) is 5.01. The van der Waals surface area contributed by atoms with Crippen LogP contribution in [-0.2, 0) is 4.79 Å². The van der Waals surface area contributed by atoms with Crippen molar-refractivity contribution < 1.29 is 19.1 Å². The topological polar surface area (TPSA) is 92.4 Å². The molecule has 4 N–H and O–H groups in total. The normalized spacial score (nSPS) is 11.9. The van der Waals surface area contributed by atoms with Gasteiger partial charge in [-0.05, 0) is 25.1 Å². The molecule has 0 bridgehead atoms. The van der Waals surface area contributed by atoms with Gasteiger partial charge < -0.3 is 16.2 Å². The lowest BCUT2D eigenvalue weighted by Crippen LogP contribution is -2.32. The Balaban J connectivity index is 2.95. The maximum Gasteiger partial charge on any atom is 0.338 e. The number of carbonyl (C=O) groups is 2. The lowest BCUT2D eigenvalue weighted by Gasteiger charge is -2.08. The lowest BCUT2D eigenvalue weighted by molar-refractivity contribution is -0.117. The lowest BCUT2D eigenvalue weighted by atomic mass is 10.2. The quantitative estimate of drug-likeness (QED) is 0.711. The number of carbonyl (C=O) groups excluding carboxylic acids is 1. The largest absolute Gasteiger partial charge is 0.478 e. The minimum absolute atomic E-state index is 0.195. The van der Waals surface area contributed by atoms with Crippen molar-refractivity contribution in [2.45, 2.75) is 13.0 Å². The van der Waals surface area contributed by atoms with Gasteiger partial charge in [0.25, 0.3) is 0 Å². The Labute approximate surface area is 91.1 Å². The molecule has 0 aliphatic rings. The first-order chi connectivity index (χ1) is 7.41. The zero-order valence-electron chi connectivity index (χ0n) is 8.53. The van der Waals surface area contributed by atoms with Gasteiger partial charge in [0, 0.05) is 5.69 Å². The number of anilines is 1. The third kappa shape index (κ3) is 2.77. The number of carboxylic acids is 1. The highest BCUT2D eigenvalue weighted by Gasteiger charge is 2.13. The molecule has 0 spiro atoms. The molecule has 0 saturated heterocycles. The molecule has 1 aromatic carbocycles. The molecule has 5 nitrogen and oxygen atoms in total. The first kappa shape index (κ1) is 12.1. The van der Waals surface area contributed by atoms with E-state index in [4.69, 9.17) is 10.8 Å². The zero-order valence-corrected chi connectivity index (χ0v) is 8.53. The second-order valence-electron chi connectivity index (χ2n) is 3.28. The number of halogens is 1. The molecule has 1 amide bonds. The van der Waals surface area contributed by atoms with Gasteiger partial charge in [0.1, 0.15) is 5.82 Å². The molecular weight excluding hydrogens is 215 g/mol. The van der Waals surface area contributed by atoms with Crippen molar-refractivity contribution in [3.63, 3.8) is 0 Å². The third-order valence-corrected chi connectivity index (χ3v) is 1.88. The SMILES string of the molecule is CC(N)C(=O)Nc1ccc(F)c(C(=O)O)c1. The smallest absolute Gasteiger partial charge is 0.338 e. The van der Waals surface area contributed by atoms with Gasteiger partial charge in [-0.2, -0.15) is 0 Å². The average molecular weight is 226 g/mol. The van der Waals surface area contributed by atoms with Crippen LogP contribution in [0.2, 0.25) is 0 Å². The molecule has 1 aromatic rings. The number of hydrogen-bond acceptors (Lipinski definition) is 3. The third-order valence-electron chi connectivity index (χ3n) is 1.88. The maximum atomic E-state index is 13.0. The molecule has 0 radical (unpaired) electrons. The molecule has 1 atom stereocenters. The molecule has 86 valence electrons. The van der Waals surface area contributed by atoms with Gasteiger partial charge in [0.05, 0.1) is 11.6 Å². The standard InChI is InChI=1S/C10H11FN2O3/c1-5(12)9(14)13-6-2-3-8(11)7(4-6)10(15)16/h2-5H,12H2,1H3,(H,13,14)(H,15,16). The number of rotatable bonds is 3. The van der Waals surface area contributed by atoms with Crippen molar-refractivity contribution in [1.82, 2.24) is 0 Å². The van der Waals surface area contributed by atoms with E-state index in [1.807, 2.05) is 0 Å².